The van der Waals surface area contributed by atoms with Gasteiger partial charge in [-0.15, -0.1) is 11.3 Å². The summed E-state index contributed by atoms with van der Waals surface area (Å²) in [6.45, 7) is 6.43. The van der Waals surface area contributed by atoms with E-state index in [0.29, 0.717) is 17.6 Å². The van der Waals surface area contributed by atoms with Crippen LogP contribution in [0.1, 0.15) is 68.1 Å². The number of carbonyl (C=O) groups excluding carboxylic acids is 1. The fourth-order valence-corrected chi connectivity index (χ4v) is 7.01. The van der Waals surface area contributed by atoms with Crippen LogP contribution >= 0.6 is 23.1 Å². The third-order valence-corrected chi connectivity index (χ3v) is 8.53. The normalized spacial score (nSPS) is 25.1. The molecule has 0 spiro atoms. The van der Waals surface area contributed by atoms with E-state index in [1.54, 1.807) is 11.8 Å². The molecule has 0 radical (unpaired) electrons. The highest BCUT2D eigenvalue weighted by molar-refractivity contribution is 8.00. The molecule has 2 aromatic heterocycles. The Hall–Kier alpha value is -1.14. The molecule has 2 atom stereocenters. The number of rotatable bonds is 4. The SMILES string of the molecule is C[C@@H]1CCCN(C(=O)CSc2nc(C3CC3)nc3sc4c(c23)CC[C@H](C)C4)C1. The van der Waals surface area contributed by atoms with Crippen molar-refractivity contribution in [2.24, 2.45) is 11.8 Å². The molecule has 4 nitrogen and oxygen atoms in total. The first-order valence-corrected chi connectivity index (χ1v) is 12.6. The molecule has 0 aromatic carbocycles. The Balaban J connectivity index is 1.43. The highest BCUT2D eigenvalue weighted by atomic mass is 32.2. The Morgan fingerprint density at radius 1 is 1.18 bits per heavy atom. The molecule has 28 heavy (non-hydrogen) atoms. The zero-order chi connectivity index (χ0) is 19.3. The van der Waals surface area contributed by atoms with Crippen LogP contribution in [0.2, 0.25) is 0 Å². The van der Waals surface area contributed by atoms with Gasteiger partial charge in [0, 0.05) is 29.3 Å². The molecule has 1 aliphatic heterocycles. The van der Waals surface area contributed by atoms with Crippen molar-refractivity contribution in [2.45, 2.75) is 69.7 Å². The standard InChI is InChI=1S/C22H29N3OS2/c1-13-5-8-16-17(10-13)28-22-19(16)21(23-20(24-22)15-6-7-15)27-12-18(26)25-9-3-4-14(2)11-25/h13-15H,3-12H2,1-2H3/t13-,14+/m0/s1. The molecule has 0 N–H and O–H groups in total. The first kappa shape index (κ1) is 18.9. The summed E-state index contributed by atoms with van der Waals surface area (Å²) < 4.78 is 0. The number of fused-ring (bicyclic) bond motifs is 3. The van der Waals surface area contributed by atoms with Crippen LogP contribution in [0, 0.1) is 11.8 Å². The molecule has 0 unspecified atom stereocenters. The second-order valence-electron chi connectivity index (χ2n) is 9.07. The van der Waals surface area contributed by atoms with Crippen LogP contribution in [-0.4, -0.2) is 39.6 Å². The minimum absolute atomic E-state index is 0.272. The van der Waals surface area contributed by atoms with E-state index in [4.69, 9.17) is 9.97 Å². The van der Waals surface area contributed by atoms with Gasteiger partial charge in [0.15, 0.2) is 0 Å². The summed E-state index contributed by atoms with van der Waals surface area (Å²) in [6.07, 6.45) is 8.35. The molecule has 5 rings (SSSR count). The van der Waals surface area contributed by atoms with E-state index in [1.807, 2.05) is 11.3 Å². The summed E-state index contributed by atoms with van der Waals surface area (Å²) in [7, 11) is 0. The minimum Gasteiger partial charge on any atom is -0.342 e. The van der Waals surface area contributed by atoms with Gasteiger partial charge < -0.3 is 4.90 Å². The summed E-state index contributed by atoms with van der Waals surface area (Å²) in [5.41, 5.74) is 1.47. The molecule has 3 heterocycles. The van der Waals surface area contributed by atoms with E-state index >= 15 is 0 Å². The lowest BCUT2D eigenvalue weighted by atomic mass is 9.89. The number of amides is 1. The zero-order valence-corrected chi connectivity index (χ0v) is 18.5. The molecule has 2 fully saturated rings. The number of piperidine rings is 1. The molecule has 2 aromatic rings. The van der Waals surface area contributed by atoms with Crippen molar-refractivity contribution in [3.05, 3.63) is 16.3 Å². The number of carbonyl (C=O) groups is 1. The molecule has 1 saturated carbocycles. The smallest absolute Gasteiger partial charge is 0.232 e. The lowest BCUT2D eigenvalue weighted by Crippen LogP contribution is -2.40. The summed E-state index contributed by atoms with van der Waals surface area (Å²) >= 11 is 3.53. The van der Waals surface area contributed by atoms with Crippen LogP contribution in [0.4, 0.5) is 0 Å². The first-order chi connectivity index (χ1) is 13.6. The third-order valence-electron chi connectivity index (χ3n) is 6.42. The molecular weight excluding hydrogens is 386 g/mol. The van der Waals surface area contributed by atoms with E-state index in [9.17, 15) is 4.79 Å². The minimum atomic E-state index is 0.272. The first-order valence-electron chi connectivity index (χ1n) is 10.8. The topological polar surface area (TPSA) is 46.1 Å². The summed E-state index contributed by atoms with van der Waals surface area (Å²) in [5.74, 6) is 3.72. The van der Waals surface area contributed by atoms with Gasteiger partial charge in [0.05, 0.1) is 5.75 Å². The van der Waals surface area contributed by atoms with Gasteiger partial charge in [-0.05, 0) is 62.3 Å². The highest BCUT2D eigenvalue weighted by Crippen LogP contribution is 2.44. The fraction of sp³-hybridized carbons (Fsp3) is 0.682. The Morgan fingerprint density at radius 3 is 2.82 bits per heavy atom. The number of nitrogens with zero attached hydrogens (tertiary/aromatic N) is 3. The second kappa shape index (κ2) is 7.60. The maximum atomic E-state index is 12.8. The van der Waals surface area contributed by atoms with Gasteiger partial charge in [-0.1, -0.05) is 25.6 Å². The summed E-state index contributed by atoms with van der Waals surface area (Å²) in [6, 6.07) is 0. The number of hydrogen-bond donors (Lipinski definition) is 0. The number of thioether (sulfide) groups is 1. The van der Waals surface area contributed by atoms with Crippen LogP contribution in [0.5, 0.6) is 0 Å². The second-order valence-corrected chi connectivity index (χ2v) is 11.1. The monoisotopic (exact) mass is 415 g/mol. The molecular formula is C22H29N3OS2. The van der Waals surface area contributed by atoms with Gasteiger partial charge in [0.2, 0.25) is 5.91 Å². The maximum absolute atomic E-state index is 12.8. The van der Waals surface area contributed by atoms with Gasteiger partial charge in [0.25, 0.3) is 0 Å². The summed E-state index contributed by atoms with van der Waals surface area (Å²) in [5, 5.41) is 2.33. The van der Waals surface area contributed by atoms with Gasteiger partial charge >= 0.3 is 0 Å². The largest absolute Gasteiger partial charge is 0.342 e. The Labute approximate surface area is 175 Å². The van der Waals surface area contributed by atoms with Crippen LogP contribution in [0.15, 0.2) is 5.03 Å². The van der Waals surface area contributed by atoms with Crippen LogP contribution in [-0.2, 0) is 17.6 Å². The van der Waals surface area contributed by atoms with Crippen molar-refractivity contribution in [3.63, 3.8) is 0 Å². The van der Waals surface area contributed by atoms with E-state index in [-0.39, 0.29) is 5.91 Å². The van der Waals surface area contributed by atoms with Crippen molar-refractivity contribution < 1.29 is 4.79 Å². The molecule has 1 saturated heterocycles. The number of aromatic nitrogens is 2. The molecule has 150 valence electrons. The molecule has 6 heteroatoms. The van der Waals surface area contributed by atoms with Crippen LogP contribution < -0.4 is 0 Å². The van der Waals surface area contributed by atoms with Crippen molar-refractivity contribution in [1.29, 1.82) is 0 Å². The Kier molecular flexibility index (Phi) is 5.12. The maximum Gasteiger partial charge on any atom is 0.232 e. The van der Waals surface area contributed by atoms with Crippen molar-refractivity contribution in [2.75, 3.05) is 18.8 Å². The van der Waals surface area contributed by atoms with Crippen LogP contribution in [0.3, 0.4) is 0 Å². The van der Waals surface area contributed by atoms with Crippen LogP contribution in [0.25, 0.3) is 10.2 Å². The fourth-order valence-electron chi connectivity index (χ4n) is 4.59. The van der Waals surface area contributed by atoms with E-state index in [2.05, 4.69) is 18.7 Å². The highest BCUT2D eigenvalue weighted by Gasteiger charge is 2.30. The van der Waals surface area contributed by atoms with E-state index in [0.717, 1.165) is 47.5 Å². The Morgan fingerprint density at radius 2 is 2.04 bits per heavy atom. The van der Waals surface area contributed by atoms with Gasteiger partial charge in [-0.25, -0.2) is 9.97 Å². The van der Waals surface area contributed by atoms with Crippen molar-refractivity contribution in [1.82, 2.24) is 14.9 Å². The number of likely N-dealkylation sites (tertiary alicyclic amines) is 1. The number of aryl methyl sites for hydroxylation is 1. The third kappa shape index (κ3) is 3.70. The zero-order valence-electron chi connectivity index (χ0n) is 16.9. The summed E-state index contributed by atoms with van der Waals surface area (Å²) in [4.78, 5) is 27.5. The molecule has 1 amide bonds. The predicted molar refractivity (Wildman–Crippen MR) is 116 cm³/mol. The van der Waals surface area contributed by atoms with Gasteiger partial charge in [-0.2, -0.15) is 0 Å². The molecule has 3 aliphatic rings. The average molecular weight is 416 g/mol. The quantitative estimate of drug-likeness (QED) is 0.518. The predicted octanol–water partition coefficient (Wildman–Crippen LogP) is 5.04. The Bertz CT molecular complexity index is 905. The molecule has 2 aliphatic carbocycles. The number of hydrogen-bond acceptors (Lipinski definition) is 5. The number of thiophene rings is 1. The molecule has 0 bridgehead atoms. The van der Waals surface area contributed by atoms with E-state index in [1.165, 1.54) is 47.9 Å². The van der Waals surface area contributed by atoms with Gasteiger partial charge in [0.1, 0.15) is 15.7 Å². The lowest BCUT2D eigenvalue weighted by molar-refractivity contribution is -0.130. The van der Waals surface area contributed by atoms with Crippen molar-refractivity contribution >= 4 is 39.2 Å². The lowest BCUT2D eigenvalue weighted by Gasteiger charge is -2.30. The van der Waals surface area contributed by atoms with Crippen molar-refractivity contribution in [3.8, 4) is 0 Å². The van der Waals surface area contributed by atoms with Gasteiger partial charge in [-0.3, -0.25) is 4.79 Å². The van der Waals surface area contributed by atoms with E-state index < -0.39 is 0 Å². The average Bonchev–Trinajstić information content (AvgIpc) is 3.46.